The topological polar surface area (TPSA) is 101 Å². The van der Waals surface area contributed by atoms with Crippen LogP contribution in [0.15, 0.2) is 35.5 Å². The van der Waals surface area contributed by atoms with Gasteiger partial charge in [0.1, 0.15) is 11.2 Å². The van der Waals surface area contributed by atoms with Gasteiger partial charge in [0, 0.05) is 23.7 Å². The molecule has 0 saturated heterocycles. The van der Waals surface area contributed by atoms with Crippen LogP contribution in [0.2, 0.25) is 0 Å². The minimum Gasteiger partial charge on any atom is -0.467 e. The third kappa shape index (κ3) is 4.28. The van der Waals surface area contributed by atoms with E-state index in [1.54, 1.807) is 37.3 Å². The van der Waals surface area contributed by atoms with Gasteiger partial charge in [-0.3, -0.25) is 4.79 Å². The normalized spacial score (nSPS) is 13.5. The van der Waals surface area contributed by atoms with E-state index < -0.39 is 15.9 Å². The van der Waals surface area contributed by atoms with Crippen LogP contribution in [0, 0.1) is 0 Å². The van der Waals surface area contributed by atoms with Crippen molar-refractivity contribution in [3.05, 3.63) is 41.0 Å². The van der Waals surface area contributed by atoms with E-state index in [0.717, 1.165) is 29.5 Å². The molecule has 1 aliphatic rings. The summed E-state index contributed by atoms with van der Waals surface area (Å²) in [5.74, 6) is 0.0217. The molecule has 1 aromatic carbocycles. The number of ether oxygens (including phenoxy) is 1. The second-order valence-electron chi connectivity index (χ2n) is 7.17. The number of anilines is 1. The second-order valence-corrected chi connectivity index (χ2v) is 10.2. The Morgan fingerprint density at radius 2 is 2.03 bits per heavy atom. The Kier molecular flexibility index (Phi) is 6.22. The molecule has 31 heavy (non-hydrogen) atoms. The lowest BCUT2D eigenvalue weighted by molar-refractivity contribution is -0.118. The number of rotatable bonds is 8. The molecule has 0 spiro atoms. The Balaban J connectivity index is 1.46. The van der Waals surface area contributed by atoms with Crippen LogP contribution in [-0.2, 0) is 27.7 Å². The fourth-order valence-corrected chi connectivity index (χ4v) is 6.51. The molecule has 10 heteroatoms. The summed E-state index contributed by atoms with van der Waals surface area (Å²) in [6.45, 7) is 4.10. The van der Waals surface area contributed by atoms with Gasteiger partial charge >= 0.3 is 0 Å². The molecule has 4 rings (SSSR count). The molecule has 1 N–H and O–H groups in total. The second kappa shape index (κ2) is 8.89. The van der Waals surface area contributed by atoms with E-state index in [2.05, 4.69) is 15.3 Å². The molecule has 164 valence electrons. The van der Waals surface area contributed by atoms with Crippen molar-refractivity contribution >= 4 is 43.2 Å². The van der Waals surface area contributed by atoms with Gasteiger partial charge in [-0.2, -0.15) is 4.31 Å². The van der Waals surface area contributed by atoms with E-state index in [9.17, 15) is 13.2 Å². The summed E-state index contributed by atoms with van der Waals surface area (Å²) in [4.78, 5) is 23.4. The molecule has 2 aromatic heterocycles. The molecule has 8 nitrogen and oxygen atoms in total. The van der Waals surface area contributed by atoms with Crippen molar-refractivity contribution in [2.45, 2.75) is 38.0 Å². The predicted octanol–water partition coefficient (Wildman–Crippen LogP) is 3.23. The summed E-state index contributed by atoms with van der Waals surface area (Å²) in [6.07, 6.45) is 4.57. The molecule has 2 heterocycles. The number of nitrogens with zero attached hydrogens (tertiary/aromatic N) is 3. The Hall–Kier alpha value is -2.56. The lowest BCUT2D eigenvalue weighted by Crippen LogP contribution is -2.30. The van der Waals surface area contributed by atoms with E-state index in [0.29, 0.717) is 24.7 Å². The molecule has 0 atom stereocenters. The summed E-state index contributed by atoms with van der Waals surface area (Å²) in [7, 11) is -3.60. The van der Waals surface area contributed by atoms with Crippen LogP contribution in [0.25, 0.3) is 10.2 Å². The van der Waals surface area contributed by atoms with Crippen molar-refractivity contribution in [2.24, 2.45) is 0 Å². The molecule has 0 aliphatic heterocycles. The zero-order valence-corrected chi connectivity index (χ0v) is 19.1. The van der Waals surface area contributed by atoms with E-state index in [4.69, 9.17) is 4.74 Å². The van der Waals surface area contributed by atoms with Gasteiger partial charge in [-0.1, -0.05) is 19.9 Å². The first-order chi connectivity index (χ1) is 14.9. The average molecular weight is 461 g/mol. The molecule has 1 aliphatic carbocycles. The van der Waals surface area contributed by atoms with Crippen LogP contribution in [0.1, 0.15) is 30.7 Å². The van der Waals surface area contributed by atoms with E-state index >= 15 is 0 Å². The van der Waals surface area contributed by atoms with Crippen LogP contribution in [-0.4, -0.2) is 48.3 Å². The quantitative estimate of drug-likeness (QED) is 0.554. The van der Waals surface area contributed by atoms with Gasteiger partial charge in [-0.15, -0.1) is 11.3 Å². The highest BCUT2D eigenvalue weighted by atomic mass is 32.2. The van der Waals surface area contributed by atoms with Crippen LogP contribution in [0.4, 0.5) is 5.69 Å². The number of fused-ring (bicyclic) bond motifs is 3. The van der Waals surface area contributed by atoms with E-state index in [1.807, 2.05) is 0 Å². The summed E-state index contributed by atoms with van der Waals surface area (Å²) in [6, 6.07) is 6.23. The minimum absolute atomic E-state index is 0.140. The molecule has 0 radical (unpaired) electrons. The summed E-state index contributed by atoms with van der Waals surface area (Å²) in [5, 5.41) is 3.61. The fraction of sp³-hybridized carbons (Fsp3) is 0.381. The van der Waals surface area contributed by atoms with Crippen molar-refractivity contribution in [1.29, 1.82) is 0 Å². The first-order valence-electron chi connectivity index (χ1n) is 10.2. The third-order valence-corrected chi connectivity index (χ3v) is 8.51. The van der Waals surface area contributed by atoms with E-state index in [1.165, 1.54) is 33.2 Å². The Morgan fingerprint density at radius 3 is 2.81 bits per heavy atom. The standard InChI is InChI=1S/C21H24N4O4S2/c1-3-25(4-2)31(27,28)15-8-5-7-14(11-15)24-18(26)12-29-20-19-16-9-6-10-17(16)30-21(19)23-13-22-20/h5,7-8,11,13H,3-4,6,9-10,12H2,1-2H3,(H,24,26). The van der Waals surface area contributed by atoms with E-state index in [-0.39, 0.29) is 11.5 Å². The van der Waals surface area contributed by atoms with Crippen molar-refractivity contribution < 1.29 is 17.9 Å². The molecule has 0 unspecified atom stereocenters. The van der Waals surface area contributed by atoms with Gasteiger partial charge in [0.25, 0.3) is 5.91 Å². The van der Waals surface area contributed by atoms with Gasteiger partial charge in [-0.25, -0.2) is 18.4 Å². The van der Waals surface area contributed by atoms with Gasteiger partial charge < -0.3 is 10.1 Å². The number of benzene rings is 1. The smallest absolute Gasteiger partial charge is 0.262 e. The van der Waals surface area contributed by atoms with Gasteiger partial charge in [0.2, 0.25) is 15.9 Å². The number of hydrogen-bond donors (Lipinski definition) is 1. The highest BCUT2D eigenvalue weighted by molar-refractivity contribution is 7.89. The zero-order valence-electron chi connectivity index (χ0n) is 17.4. The number of thiophene rings is 1. The van der Waals surface area contributed by atoms with Gasteiger partial charge in [-0.05, 0) is 43.0 Å². The Bertz CT molecular complexity index is 1220. The van der Waals surface area contributed by atoms with Crippen LogP contribution >= 0.6 is 11.3 Å². The van der Waals surface area contributed by atoms with Crippen LogP contribution < -0.4 is 10.1 Å². The van der Waals surface area contributed by atoms with Gasteiger partial charge in [0.05, 0.1) is 10.3 Å². The molecule has 0 fully saturated rings. The van der Waals surface area contributed by atoms with Crippen molar-refractivity contribution in [3.8, 4) is 5.88 Å². The van der Waals surface area contributed by atoms with Crippen LogP contribution in [0.3, 0.4) is 0 Å². The molecular weight excluding hydrogens is 436 g/mol. The predicted molar refractivity (Wildman–Crippen MR) is 120 cm³/mol. The molecule has 3 aromatic rings. The number of nitrogens with one attached hydrogen (secondary N) is 1. The minimum atomic E-state index is -3.60. The number of sulfonamides is 1. The number of amides is 1. The number of aromatic nitrogens is 2. The van der Waals surface area contributed by atoms with Crippen molar-refractivity contribution in [3.63, 3.8) is 0 Å². The summed E-state index contributed by atoms with van der Waals surface area (Å²) in [5.41, 5.74) is 1.62. The maximum atomic E-state index is 12.7. The van der Waals surface area contributed by atoms with Crippen molar-refractivity contribution in [2.75, 3.05) is 25.0 Å². The summed E-state index contributed by atoms with van der Waals surface area (Å²) >= 11 is 1.65. The van der Waals surface area contributed by atoms with Crippen LogP contribution in [0.5, 0.6) is 5.88 Å². The molecule has 0 bridgehead atoms. The monoisotopic (exact) mass is 460 g/mol. The number of hydrogen-bond acceptors (Lipinski definition) is 7. The fourth-order valence-electron chi connectivity index (χ4n) is 3.79. The third-order valence-electron chi connectivity index (χ3n) is 5.27. The lowest BCUT2D eigenvalue weighted by atomic mass is 10.2. The first-order valence-corrected chi connectivity index (χ1v) is 12.5. The maximum absolute atomic E-state index is 12.7. The molecular formula is C21H24N4O4S2. The summed E-state index contributed by atoms with van der Waals surface area (Å²) < 4.78 is 32.5. The SMILES string of the molecule is CCN(CC)S(=O)(=O)c1cccc(NC(=O)COc2ncnc3sc4c(c23)CCC4)c1. The van der Waals surface area contributed by atoms with Gasteiger partial charge in [0.15, 0.2) is 6.61 Å². The Morgan fingerprint density at radius 1 is 1.23 bits per heavy atom. The highest BCUT2D eigenvalue weighted by Gasteiger charge is 2.23. The highest BCUT2D eigenvalue weighted by Crippen LogP contribution is 2.39. The van der Waals surface area contributed by atoms with Crippen molar-refractivity contribution in [1.82, 2.24) is 14.3 Å². The lowest BCUT2D eigenvalue weighted by Gasteiger charge is -2.18. The zero-order chi connectivity index (χ0) is 22.0. The largest absolute Gasteiger partial charge is 0.467 e. The number of carbonyl (C=O) groups is 1. The molecule has 0 saturated carbocycles. The Labute approximate surface area is 185 Å². The average Bonchev–Trinajstić information content (AvgIpc) is 3.34. The first kappa shape index (κ1) is 21.7. The number of carbonyl (C=O) groups excluding carboxylic acids is 1. The number of aryl methyl sites for hydroxylation is 2. The maximum Gasteiger partial charge on any atom is 0.262 e. The molecule has 1 amide bonds.